The van der Waals surface area contributed by atoms with E-state index in [0.29, 0.717) is 17.9 Å². The molecule has 0 aromatic heterocycles. The molecule has 1 unspecified atom stereocenters. The molecule has 1 aliphatic heterocycles. The summed E-state index contributed by atoms with van der Waals surface area (Å²) in [4.78, 5) is 0. The molecule has 0 spiro atoms. The van der Waals surface area contributed by atoms with Gasteiger partial charge in [0.05, 0.1) is 13.2 Å². The summed E-state index contributed by atoms with van der Waals surface area (Å²) in [6.45, 7) is 2.12. The number of halogens is 1. The zero-order valence-electron chi connectivity index (χ0n) is 10.7. The lowest BCUT2D eigenvalue weighted by atomic mass is 10.1. The van der Waals surface area contributed by atoms with E-state index in [4.69, 9.17) is 9.47 Å². The van der Waals surface area contributed by atoms with E-state index in [1.807, 2.05) is 0 Å². The van der Waals surface area contributed by atoms with Crippen molar-refractivity contribution in [1.29, 1.82) is 0 Å². The van der Waals surface area contributed by atoms with E-state index in [2.05, 4.69) is 5.32 Å². The van der Waals surface area contributed by atoms with Gasteiger partial charge in [0.15, 0.2) is 11.6 Å². The maximum absolute atomic E-state index is 13.8. The van der Waals surface area contributed by atoms with E-state index in [9.17, 15) is 4.39 Å². The first kappa shape index (κ1) is 13.3. The second-order valence-electron chi connectivity index (χ2n) is 4.55. The summed E-state index contributed by atoms with van der Waals surface area (Å²) in [7, 11) is 1.48. The average Bonchev–Trinajstić information content (AvgIpc) is 2.42. The van der Waals surface area contributed by atoms with Crippen molar-refractivity contribution in [2.75, 3.05) is 20.3 Å². The lowest BCUT2D eigenvalue weighted by Crippen LogP contribution is -2.31. The van der Waals surface area contributed by atoms with Crippen molar-refractivity contribution in [3.05, 3.63) is 29.6 Å². The number of hydrogen-bond donors (Lipinski definition) is 1. The fourth-order valence-electron chi connectivity index (χ4n) is 2.19. The SMILES string of the molecule is COc1cccc(CNCC2CCCCO2)c1F. The molecule has 1 saturated heterocycles. The molecule has 18 heavy (non-hydrogen) atoms. The summed E-state index contributed by atoms with van der Waals surface area (Å²) in [5.41, 5.74) is 0.630. The molecule has 1 fully saturated rings. The first-order valence-electron chi connectivity index (χ1n) is 6.45. The Hall–Kier alpha value is -1.13. The normalized spacial score (nSPS) is 19.8. The van der Waals surface area contributed by atoms with E-state index in [0.717, 1.165) is 26.0 Å². The van der Waals surface area contributed by atoms with Crippen LogP contribution in [0.5, 0.6) is 5.75 Å². The van der Waals surface area contributed by atoms with Gasteiger partial charge in [-0.25, -0.2) is 4.39 Å². The Morgan fingerprint density at radius 3 is 3.06 bits per heavy atom. The highest BCUT2D eigenvalue weighted by Crippen LogP contribution is 2.19. The molecule has 2 rings (SSSR count). The molecular formula is C14H20FNO2. The molecule has 1 aromatic rings. The van der Waals surface area contributed by atoms with Gasteiger partial charge in [-0.3, -0.25) is 0 Å². The minimum Gasteiger partial charge on any atom is -0.494 e. The largest absolute Gasteiger partial charge is 0.494 e. The molecule has 1 aromatic carbocycles. The van der Waals surface area contributed by atoms with Crippen LogP contribution in [0, 0.1) is 5.82 Å². The zero-order chi connectivity index (χ0) is 12.8. The fraction of sp³-hybridized carbons (Fsp3) is 0.571. The molecule has 0 amide bonds. The quantitative estimate of drug-likeness (QED) is 0.874. The number of rotatable bonds is 5. The molecule has 1 aliphatic rings. The number of methoxy groups -OCH3 is 1. The number of benzene rings is 1. The van der Waals surface area contributed by atoms with Crippen LogP contribution in [0.2, 0.25) is 0 Å². The summed E-state index contributed by atoms with van der Waals surface area (Å²) in [5.74, 6) is 0.0141. The lowest BCUT2D eigenvalue weighted by molar-refractivity contribution is 0.0167. The van der Waals surface area contributed by atoms with Crippen molar-refractivity contribution in [2.24, 2.45) is 0 Å². The predicted molar refractivity (Wildman–Crippen MR) is 68.2 cm³/mol. The van der Waals surface area contributed by atoms with E-state index in [1.165, 1.54) is 13.5 Å². The van der Waals surface area contributed by atoms with Crippen molar-refractivity contribution in [3.63, 3.8) is 0 Å². The maximum Gasteiger partial charge on any atom is 0.169 e. The Labute approximate surface area is 107 Å². The summed E-state index contributed by atoms with van der Waals surface area (Å²) >= 11 is 0. The highest BCUT2D eigenvalue weighted by Gasteiger charge is 2.14. The average molecular weight is 253 g/mol. The van der Waals surface area contributed by atoms with Gasteiger partial charge >= 0.3 is 0 Å². The van der Waals surface area contributed by atoms with E-state index < -0.39 is 0 Å². The topological polar surface area (TPSA) is 30.5 Å². The molecule has 1 heterocycles. The summed E-state index contributed by atoms with van der Waals surface area (Å²) in [6.07, 6.45) is 3.74. The molecule has 0 saturated carbocycles. The highest BCUT2D eigenvalue weighted by molar-refractivity contribution is 5.30. The predicted octanol–water partition coefficient (Wildman–Crippen LogP) is 2.49. The zero-order valence-corrected chi connectivity index (χ0v) is 10.7. The Morgan fingerprint density at radius 1 is 1.44 bits per heavy atom. The van der Waals surface area contributed by atoms with Crippen LogP contribution in [0.4, 0.5) is 4.39 Å². The molecule has 1 N–H and O–H groups in total. The first-order chi connectivity index (χ1) is 8.81. The van der Waals surface area contributed by atoms with Crippen LogP contribution in [-0.2, 0) is 11.3 Å². The van der Waals surface area contributed by atoms with Crippen LogP contribution in [-0.4, -0.2) is 26.4 Å². The fourth-order valence-corrected chi connectivity index (χ4v) is 2.19. The van der Waals surface area contributed by atoms with Gasteiger partial charge in [-0.05, 0) is 25.3 Å². The van der Waals surface area contributed by atoms with Gasteiger partial charge in [0.2, 0.25) is 0 Å². The van der Waals surface area contributed by atoms with Gasteiger partial charge in [0, 0.05) is 25.3 Å². The monoisotopic (exact) mass is 253 g/mol. The van der Waals surface area contributed by atoms with Crippen molar-refractivity contribution >= 4 is 0 Å². The molecule has 1 atom stereocenters. The van der Waals surface area contributed by atoms with Gasteiger partial charge in [-0.2, -0.15) is 0 Å². The van der Waals surface area contributed by atoms with Gasteiger partial charge in [0.1, 0.15) is 0 Å². The Bertz CT molecular complexity index is 378. The Kier molecular flexibility index (Phi) is 4.96. The Balaban J connectivity index is 1.82. The van der Waals surface area contributed by atoms with E-state index >= 15 is 0 Å². The van der Waals surface area contributed by atoms with Gasteiger partial charge in [-0.1, -0.05) is 12.1 Å². The summed E-state index contributed by atoms with van der Waals surface area (Å²) < 4.78 is 24.4. The lowest BCUT2D eigenvalue weighted by Gasteiger charge is -2.22. The van der Waals surface area contributed by atoms with Crippen molar-refractivity contribution in [2.45, 2.75) is 31.9 Å². The highest BCUT2D eigenvalue weighted by atomic mass is 19.1. The molecular weight excluding hydrogens is 233 g/mol. The summed E-state index contributed by atoms with van der Waals surface area (Å²) in [5, 5.41) is 3.24. The van der Waals surface area contributed by atoms with E-state index in [-0.39, 0.29) is 11.9 Å². The third-order valence-electron chi connectivity index (χ3n) is 3.22. The molecule has 3 nitrogen and oxygen atoms in total. The van der Waals surface area contributed by atoms with Crippen LogP contribution < -0.4 is 10.1 Å². The van der Waals surface area contributed by atoms with Crippen LogP contribution >= 0.6 is 0 Å². The van der Waals surface area contributed by atoms with Gasteiger partial charge in [0.25, 0.3) is 0 Å². The summed E-state index contributed by atoms with van der Waals surface area (Å²) in [6, 6.07) is 5.20. The number of hydrogen-bond acceptors (Lipinski definition) is 3. The van der Waals surface area contributed by atoms with Crippen molar-refractivity contribution < 1.29 is 13.9 Å². The Morgan fingerprint density at radius 2 is 2.33 bits per heavy atom. The molecule has 0 radical (unpaired) electrons. The smallest absolute Gasteiger partial charge is 0.169 e. The van der Waals surface area contributed by atoms with E-state index in [1.54, 1.807) is 18.2 Å². The number of nitrogens with one attached hydrogen (secondary N) is 1. The van der Waals surface area contributed by atoms with Crippen LogP contribution in [0.1, 0.15) is 24.8 Å². The minimum absolute atomic E-state index is 0.271. The minimum atomic E-state index is -0.280. The van der Waals surface area contributed by atoms with Gasteiger partial charge < -0.3 is 14.8 Å². The number of ether oxygens (including phenoxy) is 2. The molecule has 4 heteroatoms. The second-order valence-corrected chi connectivity index (χ2v) is 4.55. The van der Waals surface area contributed by atoms with Crippen LogP contribution in [0.25, 0.3) is 0 Å². The standard InChI is InChI=1S/C14H20FNO2/c1-17-13-7-4-5-11(14(13)15)9-16-10-12-6-2-3-8-18-12/h4-5,7,12,16H,2-3,6,8-10H2,1H3. The third-order valence-corrected chi connectivity index (χ3v) is 3.22. The molecule has 0 bridgehead atoms. The third kappa shape index (κ3) is 3.43. The van der Waals surface area contributed by atoms with Crippen molar-refractivity contribution in [3.8, 4) is 5.75 Å². The molecule has 0 aliphatic carbocycles. The van der Waals surface area contributed by atoms with Crippen LogP contribution in [0.15, 0.2) is 18.2 Å². The molecule has 100 valence electrons. The first-order valence-corrected chi connectivity index (χ1v) is 6.45. The van der Waals surface area contributed by atoms with Gasteiger partial charge in [-0.15, -0.1) is 0 Å². The van der Waals surface area contributed by atoms with Crippen LogP contribution in [0.3, 0.4) is 0 Å². The maximum atomic E-state index is 13.8. The van der Waals surface area contributed by atoms with Crippen molar-refractivity contribution in [1.82, 2.24) is 5.32 Å². The second kappa shape index (κ2) is 6.71.